The highest BCUT2D eigenvalue weighted by Gasteiger charge is 2.33. The first-order chi connectivity index (χ1) is 9.17. The topological polar surface area (TPSA) is 93.3 Å². The van der Waals surface area contributed by atoms with Crippen LogP contribution in [0.5, 0.6) is 0 Å². The molecule has 0 amide bonds. The molecule has 6 nitrogen and oxygen atoms in total. The molecule has 2 rings (SSSR count). The van der Waals surface area contributed by atoms with E-state index in [9.17, 15) is 5.11 Å². The van der Waals surface area contributed by atoms with E-state index in [1.165, 1.54) is 0 Å². The van der Waals surface area contributed by atoms with E-state index in [1.807, 2.05) is 6.92 Å². The van der Waals surface area contributed by atoms with Gasteiger partial charge in [0, 0.05) is 12.7 Å². The third-order valence-corrected chi connectivity index (χ3v) is 3.48. The third kappa shape index (κ3) is 3.54. The van der Waals surface area contributed by atoms with Crippen molar-refractivity contribution in [1.29, 1.82) is 0 Å². The normalized spacial score (nSPS) is 17.6. The smallest absolute Gasteiger partial charge is 0.158 e. The number of aliphatic hydroxyl groups excluding tert-OH is 1. The SMILES string of the molecule is CCOCc1nc(N)cc(NC2(CO)CCCC2)n1. The highest BCUT2D eigenvalue weighted by Crippen LogP contribution is 2.32. The first kappa shape index (κ1) is 14.0. The predicted octanol–water partition coefficient (Wildman–Crippen LogP) is 1.31. The van der Waals surface area contributed by atoms with Crippen LogP contribution in [0.1, 0.15) is 38.4 Å². The van der Waals surface area contributed by atoms with Gasteiger partial charge in [0.05, 0.1) is 12.1 Å². The van der Waals surface area contributed by atoms with Gasteiger partial charge in [0.15, 0.2) is 5.82 Å². The average molecular weight is 266 g/mol. The number of nitrogens with two attached hydrogens (primary N) is 1. The lowest BCUT2D eigenvalue weighted by atomic mass is 9.99. The molecule has 0 aliphatic heterocycles. The first-order valence-corrected chi connectivity index (χ1v) is 6.78. The van der Waals surface area contributed by atoms with Gasteiger partial charge in [-0.3, -0.25) is 0 Å². The van der Waals surface area contributed by atoms with Gasteiger partial charge in [-0.1, -0.05) is 12.8 Å². The van der Waals surface area contributed by atoms with E-state index >= 15 is 0 Å². The second-order valence-electron chi connectivity index (χ2n) is 5.00. The minimum Gasteiger partial charge on any atom is -0.394 e. The molecule has 0 aromatic carbocycles. The van der Waals surface area contributed by atoms with Crippen LogP contribution in [0.15, 0.2) is 6.07 Å². The zero-order valence-corrected chi connectivity index (χ0v) is 11.4. The molecule has 1 heterocycles. The second-order valence-corrected chi connectivity index (χ2v) is 5.00. The Labute approximate surface area is 113 Å². The second kappa shape index (κ2) is 6.16. The number of nitrogens with zero attached hydrogens (tertiary/aromatic N) is 2. The fraction of sp³-hybridized carbons (Fsp3) is 0.692. The standard InChI is InChI=1S/C13H22N4O2/c1-2-19-8-12-15-10(14)7-11(16-12)17-13(9-18)5-3-4-6-13/h7,18H,2-6,8-9H2,1H3,(H3,14,15,16,17). The molecule has 0 bridgehead atoms. The molecule has 106 valence electrons. The molecule has 6 heteroatoms. The maximum absolute atomic E-state index is 9.60. The van der Waals surface area contributed by atoms with Crippen LogP contribution in [-0.4, -0.2) is 33.8 Å². The Morgan fingerprint density at radius 1 is 1.42 bits per heavy atom. The molecule has 0 radical (unpaired) electrons. The van der Waals surface area contributed by atoms with Gasteiger partial charge < -0.3 is 20.9 Å². The number of nitrogens with one attached hydrogen (secondary N) is 1. The Morgan fingerprint density at radius 3 is 2.79 bits per heavy atom. The maximum Gasteiger partial charge on any atom is 0.158 e. The molecular weight excluding hydrogens is 244 g/mol. The van der Waals surface area contributed by atoms with Crippen molar-refractivity contribution in [1.82, 2.24) is 9.97 Å². The lowest BCUT2D eigenvalue weighted by Crippen LogP contribution is -2.39. The van der Waals surface area contributed by atoms with Crippen molar-refractivity contribution in [2.24, 2.45) is 0 Å². The number of ether oxygens (including phenoxy) is 1. The van der Waals surface area contributed by atoms with Crippen LogP contribution in [0.2, 0.25) is 0 Å². The van der Waals surface area contributed by atoms with Gasteiger partial charge in [-0.2, -0.15) is 0 Å². The maximum atomic E-state index is 9.60. The van der Waals surface area contributed by atoms with Gasteiger partial charge in [0.1, 0.15) is 18.2 Å². The van der Waals surface area contributed by atoms with Crippen LogP contribution in [0.3, 0.4) is 0 Å². The summed E-state index contributed by atoms with van der Waals surface area (Å²) in [5.74, 6) is 1.65. The van der Waals surface area contributed by atoms with Crippen molar-refractivity contribution in [3.05, 3.63) is 11.9 Å². The molecule has 19 heavy (non-hydrogen) atoms. The minimum atomic E-state index is -0.260. The first-order valence-electron chi connectivity index (χ1n) is 6.78. The quantitative estimate of drug-likeness (QED) is 0.719. The van der Waals surface area contributed by atoms with Gasteiger partial charge in [-0.05, 0) is 19.8 Å². The number of hydrogen-bond acceptors (Lipinski definition) is 6. The summed E-state index contributed by atoms with van der Waals surface area (Å²) in [6.07, 6.45) is 4.16. The van der Waals surface area contributed by atoms with Gasteiger partial charge in [-0.25, -0.2) is 9.97 Å². The van der Waals surface area contributed by atoms with Crippen molar-refractivity contribution < 1.29 is 9.84 Å². The number of aliphatic hydroxyl groups is 1. The lowest BCUT2D eigenvalue weighted by Gasteiger charge is -2.28. The summed E-state index contributed by atoms with van der Waals surface area (Å²) in [7, 11) is 0. The summed E-state index contributed by atoms with van der Waals surface area (Å²) in [6.45, 7) is 2.99. The Hall–Kier alpha value is -1.40. The Morgan fingerprint density at radius 2 is 2.16 bits per heavy atom. The van der Waals surface area contributed by atoms with Crippen molar-refractivity contribution >= 4 is 11.6 Å². The molecular formula is C13H22N4O2. The van der Waals surface area contributed by atoms with Crippen molar-refractivity contribution in [2.45, 2.75) is 44.8 Å². The van der Waals surface area contributed by atoms with Gasteiger partial charge in [-0.15, -0.1) is 0 Å². The van der Waals surface area contributed by atoms with Crippen LogP contribution < -0.4 is 11.1 Å². The summed E-state index contributed by atoms with van der Waals surface area (Å²) < 4.78 is 5.29. The predicted molar refractivity (Wildman–Crippen MR) is 73.7 cm³/mol. The van der Waals surface area contributed by atoms with Crippen molar-refractivity contribution in [3.8, 4) is 0 Å². The van der Waals surface area contributed by atoms with Crippen molar-refractivity contribution in [3.63, 3.8) is 0 Å². The number of hydrogen-bond donors (Lipinski definition) is 3. The Bertz CT molecular complexity index is 419. The molecule has 0 spiro atoms. The molecule has 4 N–H and O–H groups in total. The fourth-order valence-electron chi connectivity index (χ4n) is 2.49. The number of rotatable bonds is 6. The molecule has 1 saturated carbocycles. The molecule has 1 fully saturated rings. The van der Waals surface area contributed by atoms with Crippen LogP contribution in [0, 0.1) is 0 Å². The van der Waals surface area contributed by atoms with E-state index < -0.39 is 0 Å². The van der Waals surface area contributed by atoms with E-state index in [0.717, 1.165) is 25.7 Å². The minimum absolute atomic E-state index is 0.109. The third-order valence-electron chi connectivity index (χ3n) is 3.48. The Kier molecular flexibility index (Phi) is 4.55. The summed E-state index contributed by atoms with van der Waals surface area (Å²) in [4.78, 5) is 8.52. The molecule has 1 aliphatic carbocycles. The molecule has 1 aliphatic rings. The van der Waals surface area contributed by atoms with Crippen LogP contribution in [-0.2, 0) is 11.3 Å². The van der Waals surface area contributed by atoms with E-state index in [2.05, 4.69) is 15.3 Å². The zero-order chi connectivity index (χ0) is 13.7. The largest absolute Gasteiger partial charge is 0.394 e. The van der Waals surface area contributed by atoms with E-state index in [-0.39, 0.29) is 12.1 Å². The van der Waals surface area contributed by atoms with E-state index in [1.54, 1.807) is 6.07 Å². The number of aromatic nitrogens is 2. The summed E-state index contributed by atoms with van der Waals surface area (Å²) in [5.41, 5.74) is 5.52. The molecule has 0 unspecified atom stereocenters. The lowest BCUT2D eigenvalue weighted by molar-refractivity contribution is 0.128. The van der Waals surface area contributed by atoms with E-state index in [4.69, 9.17) is 10.5 Å². The molecule has 0 saturated heterocycles. The van der Waals surface area contributed by atoms with Crippen LogP contribution >= 0.6 is 0 Å². The van der Waals surface area contributed by atoms with Crippen molar-refractivity contribution in [2.75, 3.05) is 24.3 Å². The Balaban J connectivity index is 2.12. The van der Waals surface area contributed by atoms with Gasteiger partial charge in [0.2, 0.25) is 0 Å². The average Bonchev–Trinajstić information content (AvgIpc) is 2.85. The highest BCUT2D eigenvalue weighted by atomic mass is 16.5. The van der Waals surface area contributed by atoms with Crippen LogP contribution in [0.4, 0.5) is 11.6 Å². The van der Waals surface area contributed by atoms with Crippen LogP contribution in [0.25, 0.3) is 0 Å². The molecule has 0 atom stereocenters. The summed E-state index contributed by atoms with van der Waals surface area (Å²) >= 11 is 0. The zero-order valence-electron chi connectivity index (χ0n) is 11.4. The monoisotopic (exact) mass is 266 g/mol. The molecule has 1 aromatic heterocycles. The highest BCUT2D eigenvalue weighted by molar-refractivity contribution is 5.46. The summed E-state index contributed by atoms with van der Waals surface area (Å²) in [5, 5.41) is 12.9. The summed E-state index contributed by atoms with van der Waals surface area (Å²) in [6, 6.07) is 1.70. The van der Waals surface area contributed by atoms with E-state index in [0.29, 0.717) is 30.7 Å². The number of nitrogen functional groups attached to an aromatic ring is 1. The van der Waals surface area contributed by atoms with Gasteiger partial charge >= 0.3 is 0 Å². The fourth-order valence-corrected chi connectivity index (χ4v) is 2.49. The van der Waals surface area contributed by atoms with Gasteiger partial charge in [0.25, 0.3) is 0 Å². The number of anilines is 2. The molecule has 1 aromatic rings.